The van der Waals surface area contributed by atoms with E-state index in [4.69, 9.17) is 0 Å². The maximum Gasteiger partial charge on any atom is 0.266 e. The Morgan fingerprint density at radius 1 is 1.40 bits per heavy atom. The zero-order valence-corrected chi connectivity index (χ0v) is 7.85. The maximum atomic E-state index is 10.7. The van der Waals surface area contributed by atoms with Crippen molar-refractivity contribution in [2.24, 2.45) is 0 Å². The third kappa shape index (κ3) is 1.23. The SMILES string of the molecule is O=C1NC(=O)C(SS)=C1Br. The molecule has 1 rings (SSSR count). The molecule has 0 atom stereocenters. The molecule has 1 aliphatic rings. The fourth-order valence-corrected chi connectivity index (χ4v) is 2.23. The molecule has 0 aromatic rings. The van der Waals surface area contributed by atoms with Crippen LogP contribution in [0.3, 0.4) is 0 Å². The number of imide groups is 1. The van der Waals surface area contributed by atoms with Crippen LogP contribution in [0, 0.1) is 0 Å². The Bertz CT molecular complexity index is 237. The van der Waals surface area contributed by atoms with Crippen molar-refractivity contribution in [3.8, 4) is 0 Å². The summed E-state index contributed by atoms with van der Waals surface area (Å²) in [6.45, 7) is 0. The second-order valence-corrected chi connectivity index (χ2v) is 3.45. The lowest BCUT2D eigenvalue weighted by Gasteiger charge is -1.88. The van der Waals surface area contributed by atoms with Crippen LogP contribution in [0.4, 0.5) is 0 Å². The molecule has 0 fully saturated rings. The van der Waals surface area contributed by atoms with E-state index in [0.29, 0.717) is 4.91 Å². The van der Waals surface area contributed by atoms with Crippen LogP contribution >= 0.6 is 38.4 Å². The van der Waals surface area contributed by atoms with Crippen LogP contribution in [-0.2, 0) is 9.59 Å². The molecule has 10 heavy (non-hydrogen) atoms. The first-order valence-electron chi connectivity index (χ1n) is 2.23. The van der Waals surface area contributed by atoms with Crippen LogP contribution in [0.25, 0.3) is 0 Å². The van der Waals surface area contributed by atoms with Crippen molar-refractivity contribution in [3.63, 3.8) is 0 Å². The fourth-order valence-electron chi connectivity index (χ4n) is 0.499. The Morgan fingerprint density at radius 3 is 2.20 bits per heavy atom. The van der Waals surface area contributed by atoms with Gasteiger partial charge in [0, 0.05) is 0 Å². The smallest absolute Gasteiger partial charge is 0.266 e. The fraction of sp³-hybridized carbons (Fsp3) is 0. The van der Waals surface area contributed by atoms with Crippen molar-refractivity contribution in [3.05, 3.63) is 9.39 Å². The summed E-state index contributed by atoms with van der Waals surface area (Å²) < 4.78 is 0.262. The van der Waals surface area contributed by atoms with E-state index in [-0.39, 0.29) is 4.48 Å². The normalized spacial score (nSPS) is 18.2. The van der Waals surface area contributed by atoms with E-state index in [1.165, 1.54) is 0 Å². The summed E-state index contributed by atoms with van der Waals surface area (Å²) in [5.74, 6) is -0.793. The highest BCUT2D eigenvalue weighted by Gasteiger charge is 2.27. The highest BCUT2D eigenvalue weighted by Crippen LogP contribution is 2.30. The lowest BCUT2D eigenvalue weighted by atomic mass is 10.5. The number of thiol groups is 1. The number of halogens is 1. The minimum Gasteiger partial charge on any atom is -0.287 e. The predicted octanol–water partition coefficient (Wildman–Crippen LogP) is 0.827. The standard InChI is InChI=1S/C4H2BrNO2S2/c5-1-2(10-9)4(8)6-3(1)7/h9H,(H,6,7,8). The van der Waals surface area contributed by atoms with Gasteiger partial charge in [-0.2, -0.15) is 0 Å². The monoisotopic (exact) mass is 239 g/mol. The quantitative estimate of drug-likeness (QED) is 0.405. The van der Waals surface area contributed by atoms with Crippen molar-refractivity contribution in [1.82, 2.24) is 5.32 Å². The predicted molar refractivity (Wildman–Crippen MR) is 45.7 cm³/mol. The number of nitrogens with one attached hydrogen (secondary N) is 1. The number of hydrogen-bond donors (Lipinski definition) is 2. The second-order valence-electron chi connectivity index (χ2n) is 1.52. The highest BCUT2D eigenvalue weighted by atomic mass is 79.9. The van der Waals surface area contributed by atoms with E-state index in [0.717, 1.165) is 10.8 Å². The first-order valence-corrected chi connectivity index (χ1v) is 4.90. The van der Waals surface area contributed by atoms with Crippen LogP contribution in [0.5, 0.6) is 0 Å². The van der Waals surface area contributed by atoms with Gasteiger partial charge in [-0.25, -0.2) is 0 Å². The van der Waals surface area contributed by atoms with Crippen molar-refractivity contribution in [1.29, 1.82) is 0 Å². The summed E-state index contributed by atoms with van der Waals surface area (Å²) in [7, 11) is 0.947. The number of rotatable bonds is 1. The Kier molecular flexibility index (Phi) is 2.43. The largest absolute Gasteiger partial charge is 0.287 e. The third-order valence-electron chi connectivity index (χ3n) is 0.923. The van der Waals surface area contributed by atoms with Gasteiger partial charge in [-0.1, -0.05) is 10.8 Å². The molecule has 1 N–H and O–H groups in total. The lowest BCUT2D eigenvalue weighted by Crippen LogP contribution is -2.22. The topological polar surface area (TPSA) is 46.2 Å². The van der Waals surface area contributed by atoms with E-state index < -0.39 is 11.8 Å². The minimum absolute atomic E-state index is 0.262. The molecule has 3 nitrogen and oxygen atoms in total. The first-order chi connectivity index (χ1) is 4.66. The van der Waals surface area contributed by atoms with Crippen LogP contribution < -0.4 is 5.32 Å². The van der Waals surface area contributed by atoms with Gasteiger partial charge < -0.3 is 0 Å². The summed E-state index contributed by atoms with van der Waals surface area (Å²) in [5, 5.41) is 2.10. The number of carbonyl (C=O) groups is 2. The van der Waals surface area contributed by atoms with Crippen molar-refractivity contribution >= 4 is 50.2 Å². The summed E-state index contributed by atoms with van der Waals surface area (Å²) in [6, 6.07) is 0. The van der Waals surface area contributed by atoms with E-state index in [9.17, 15) is 9.59 Å². The summed E-state index contributed by atoms with van der Waals surface area (Å²) in [5.41, 5.74) is 0. The van der Waals surface area contributed by atoms with Crippen LogP contribution in [-0.4, -0.2) is 11.8 Å². The Hall–Kier alpha value is 0.0600. The number of amides is 2. The second kappa shape index (κ2) is 2.98. The van der Waals surface area contributed by atoms with Gasteiger partial charge in [-0.15, -0.1) is 11.7 Å². The van der Waals surface area contributed by atoms with Gasteiger partial charge >= 0.3 is 0 Å². The van der Waals surface area contributed by atoms with Gasteiger partial charge in [-0.3, -0.25) is 14.9 Å². The molecule has 0 radical (unpaired) electrons. The molecule has 1 aliphatic heterocycles. The zero-order valence-electron chi connectivity index (χ0n) is 4.55. The minimum atomic E-state index is -0.401. The Morgan fingerprint density at radius 2 is 2.00 bits per heavy atom. The molecule has 6 heteroatoms. The van der Waals surface area contributed by atoms with Crippen molar-refractivity contribution < 1.29 is 9.59 Å². The molecule has 0 bridgehead atoms. The van der Waals surface area contributed by atoms with E-state index in [1.807, 2.05) is 0 Å². The van der Waals surface area contributed by atoms with Gasteiger partial charge in [0.1, 0.15) is 9.39 Å². The van der Waals surface area contributed by atoms with Gasteiger partial charge in [0.2, 0.25) is 0 Å². The molecular weight excluding hydrogens is 238 g/mol. The molecule has 1 heterocycles. The van der Waals surface area contributed by atoms with Gasteiger partial charge in [-0.05, 0) is 15.9 Å². The molecule has 0 saturated heterocycles. The van der Waals surface area contributed by atoms with Crippen LogP contribution in [0.1, 0.15) is 0 Å². The molecule has 0 aliphatic carbocycles. The molecule has 0 aromatic carbocycles. The summed E-state index contributed by atoms with van der Waals surface area (Å²) in [4.78, 5) is 21.7. The maximum absolute atomic E-state index is 10.7. The van der Waals surface area contributed by atoms with E-state index in [2.05, 4.69) is 32.9 Å². The number of carbonyl (C=O) groups excluding carboxylic acids is 2. The first kappa shape index (κ1) is 8.16. The molecule has 2 amide bonds. The molecule has 0 aromatic heterocycles. The van der Waals surface area contributed by atoms with Crippen molar-refractivity contribution in [2.45, 2.75) is 0 Å². The van der Waals surface area contributed by atoms with Gasteiger partial charge in [0.25, 0.3) is 11.8 Å². The van der Waals surface area contributed by atoms with E-state index >= 15 is 0 Å². The number of hydrogen-bond acceptors (Lipinski definition) is 4. The zero-order chi connectivity index (χ0) is 7.72. The van der Waals surface area contributed by atoms with Gasteiger partial charge in [0.05, 0.1) is 0 Å². The third-order valence-corrected chi connectivity index (χ3v) is 3.06. The van der Waals surface area contributed by atoms with E-state index in [1.54, 1.807) is 0 Å². The molecule has 54 valence electrons. The summed E-state index contributed by atoms with van der Waals surface area (Å²) >= 11 is 6.74. The Balaban J connectivity index is 3.01. The van der Waals surface area contributed by atoms with Gasteiger partial charge in [0.15, 0.2) is 0 Å². The molecular formula is C4H2BrNO2S2. The van der Waals surface area contributed by atoms with Crippen molar-refractivity contribution in [2.75, 3.05) is 0 Å². The molecule has 0 spiro atoms. The summed E-state index contributed by atoms with van der Waals surface area (Å²) in [6.07, 6.45) is 0. The average molecular weight is 240 g/mol. The van der Waals surface area contributed by atoms with Crippen LogP contribution in [0.15, 0.2) is 9.39 Å². The average Bonchev–Trinajstić information content (AvgIpc) is 2.09. The lowest BCUT2D eigenvalue weighted by molar-refractivity contribution is -0.123. The molecule has 0 unspecified atom stereocenters. The Labute approximate surface area is 74.6 Å². The van der Waals surface area contributed by atoms with Crippen LogP contribution in [0.2, 0.25) is 0 Å². The highest BCUT2D eigenvalue weighted by molar-refractivity contribution is 9.12. The molecule has 0 saturated carbocycles.